The van der Waals surface area contributed by atoms with E-state index in [0.717, 1.165) is 5.56 Å². The number of carbonyl (C=O) groups excluding carboxylic acids is 2. The number of nitrogens with one attached hydrogen (secondary N) is 1. The van der Waals surface area contributed by atoms with Gasteiger partial charge >= 0.3 is 5.97 Å². The molecule has 0 radical (unpaired) electrons. The van der Waals surface area contributed by atoms with E-state index in [9.17, 15) is 14.4 Å². The number of benzene rings is 2. The highest BCUT2D eigenvalue weighted by Crippen LogP contribution is 2.28. The quantitative estimate of drug-likeness (QED) is 0.359. The largest absolute Gasteiger partial charge is 0.464 e. The first-order valence-electron chi connectivity index (χ1n) is 11.4. The third-order valence-corrected chi connectivity index (χ3v) is 6.35. The summed E-state index contributed by atoms with van der Waals surface area (Å²) in [5, 5.41) is 11.1. The highest BCUT2D eigenvalue weighted by molar-refractivity contribution is 6.31. The number of rotatable bonds is 7. The topological polar surface area (TPSA) is 121 Å². The number of nitrogens with zero attached hydrogens (tertiary/aromatic N) is 5. The minimum atomic E-state index is -0.946. The Hall–Kier alpha value is -4.02. The zero-order valence-corrected chi connectivity index (χ0v) is 20.8. The maximum atomic E-state index is 13.4. The molecule has 1 fully saturated rings. The van der Waals surface area contributed by atoms with Gasteiger partial charge < -0.3 is 10.1 Å². The summed E-state index contributed by atoms with van der Waals surface area (Å²) in [6.07, 6.45) is 3.43. The molecule has 1 N–H and O–H groups in total. The van der Waals surface area contributed by atoms with Crippen molar-refractivity contribution in [1.82, 2.24) is 29.9 Å². The SMILES string of the molecule is O=C1OCCC1NC(=O)[C@H](Cc1ccccc1)n1cnc(-c2cc(Cl)ccc2-n2cc(Cl)nn2)cc1=O. The van der Waals surface area contributed by atoms with Crippen LogP contribution in [-0.2, 0) is 20.7 Å². The van der Waals surface area contributed by atoms with Gasteiger partial charge in [0, 0.05) is 29.5 Å². The van der Waals surface area contributed by atoms with E-state index in [1.165, 1.54) is 27.8 Å². The summed E-state index contributed by atoms with van der Waals surface area (Å²) in [5.41, 5.74) is 1.79. The first-order valence-corrected chi connectivity index (χ1v) is 12.1. The van der Waals surface area contributed by atoms with Crippen molar-refractivity contribution in [2.75, 3.05) is 6.61 Å². The van der Waals surface area contributed by atoms with Crippen LogP contribution in [0.3, 0.4) is 0 Å². The minimum Gasteiger partial charge on any atom is -0.464 e. The molecule has 1 saturated heterocycles. The van der Waals surface area contributed by atoms with Gasteiger partial charge in [-0.15, -0.1) is 5.10 Å². The molecular weight excluding hydrogens is 519 g/mol. The molecular formula is C25H20Cl2N6O4. The maximum Gasteiger partial charge on any atom is 0.328 e. The van der Waals surface area contributed by atoms with Crippen LogP contribution in [0, 0.1) is 0 Å². The van der Waals surface area contributed by atoms with E-state index in [0.29, 0.717) is 28.4 Å². The van der Waals surface area contributed by atoms with E-state index >= 15 is 0 Å². The van der Waals surface area contributed by atoms with Gasteiger partial charge in [-0.05, 0) is 23.8 Å². The predicted octanol–water partition coefficient (Wildman–Crippen LogP) is 3.01. The summed E-state index contributed by atoms with van der Waals surface area (Å²) in [5.74, 6) is -0.973. The van der Waals surface area contributed by atoms with Gasteiger partial charge in [-0.3, -0.25) is 14.2 Å². The second-order valence-electron chi connectivity index (χ2n) is 8.39. The molecule has 37 heavy (non-hydrogen) atoms. The van der Waals surface area contributed by atoms with Gasteiger partial charge in [-0.1, -0.05) is 58.7 Å². The molecule has 0 saturated carbocycles. The van der Waals surface area contributed by atoms with Gasteiger partial charge in [0.05, 0.1) is 30.5 Å². The number of cyclic esters (lactones) is 1. The third-order valence-electron chi connectivity index (χ3n) is 5.94. The van der Waals surface area contributed by atoms with Crippen molar-refractivity contribution >= 4 is 35.1 Å². The van der Waals surface area contributed by atoms with Gasteiger partial charge in [-0.2, -0.15) is 0 Å². The Labute approximate surface area is 220 Å². The molecule has 2 aromatic carbocycles. The summed E-state index contributed by atoms with van der Waals surface area (Å²) in [7, 11) is 0. The second-order valence-corrected chi connectivity index (χ2v) is 9.21. The number of carbonyl (C=O) groups is 2. The zero-order valence-electron chi connectivity index (χ0n) is 19.3. The van der Waals surface area contributed by atoms with Gasteiger partial charge in [0.1, 0.15) is 12.1 Å². The number of hydrogen-bond donors (Lipinski definition) is 1. The van der Waals surface area contributed by atoms with Gasteiger partial charge in [0.2, 0.25) is 5.91 Å². The summed E-state index contributed by atoms with van der Waals surface area (Å²) >= 11 is 12.2. The van der Waals surface area contributed by atoms with Crippen molar-refractivity contribution < 1.29 is 14.3 Å². The molecule has 0 bridgehead atoms. The molecule has 0 aliphatic carbocycles. The number of ether oxygens (including phenoxy) is 1. The summed E-state index contributed by atoms with van der Waals surface area (Å²) < 4.78 is 7.66. The third kappa shape index (κ3) is 5.40. The zero-order chi connectivity index (χ0) is 25.9. The van der Waals surface area contributed by atoms with Gasteiger partial charge in [-0.25, -0.2) is 14.5 Å². The Balaban J connectivity index is 1.52. The molecule has 5 rings (SSSR count). The summed E-state index contributed by atoms with van der Waals surface area (Å²) in [6.45, 7) is 0.238. The van der Waals surface area contributed by atoms with E-state index in [-0.39, 0.29) is 18.2 Å². The second kappa shape index (κ2) is 10.5. The molecule has 3 heterocycles. The Morgan fingerprint density at radius 1 is 1.14 bits per heavy atom. The number of halogens is 2. The van der Waals surface area contributed by atoms with Crippen LogP contribution in [0.5, 0.6) is 0 Å². The lowest BCUT2D eigenvalue weighted by Gasteiger charge is -2.21. The van der Waals surface area contributed by atoms with Crippen molar-refractivity contribution in [3.8, 4) is 16.9 Å². The highest BCUT2D eigenvalue weighted by atomic mass is 35.5. The molecule has 2 atom stereocenters. The van der Waals surface area contributed by atoms with E-state index in [4.69, 9.17) is 27.9 Å². The Kier molecular flexibility index (Phi) is 7.02. The van der Waals surface area contributed by atoms with Gasteiger partial charge in [0.15, 0.2) is 5.15 Å². The smallest absolute Gasteiger partial charge is 0.328 e. The number of amides is 1. The molecule has 12 heteroatoms. The first kappa shape index (κ1) is 24.7. The van der Waals surface area contributed by atoms with Crippen molar-refractivity contribution in [3.63, 3.8) is 0 Å². The first-order chi connectivity index (χ1) is 17.9. The standard InChI is InChI=1S/C25H20Cl2N6O4/c26-16-6-7-20(33-13-22(27)30-31-33)17(11-16)19-12-23(34)32(14-28-19)21(10-15-4-2-1-3-5-15)24(35)29-18-8-9-37-25(18)36/h1-7,11-14,18,21H,8-10H2,(H,29,35)/t18?,21-/m0/s1. The lowest BCUT2D eigenvalue weighted by molar-refractivity contribution is -0.141. The van der Waals surface area contributed by atoms with E-state index in [2.05, 4.69) is 20.6 Å². The average molecular weight is 539 g/mol. The predicted molar refractivity (Wildman–Crippen MR) is 136 cm³/mol. The van der Waals surface area contributed by atoms with Crippen LogP contribution in [-0.4, -0.2) is 49.1 Å². The molecule has 2 aromatic heterocycles. The van der Waals surface area contributed by atoms with Crippen LogP contribution in [0.1, 0.15) is 18.0 Å². The highest BCUT2D eigenvalue weighted by Gasteiger charge is 2.32. The summed E-state index contributed by atoms with van der Waals surface area (Å²) in [4.78, 5) is 43.0. The number of hydrogen-bond acceptors (Lipinski definition) is 7. The fourth-order valence-electron chi connectivity index (χ4n) is 4.12. The van der Waals surface area contributed by atoms with Crippen molar-refractivity contribution in [2.45, 2.75) is 24.9 Å². The molecule has 0 spiro atoms. The normalized spacial score (nSPS) is 15.8. The Morgan fingerprint density at radius 3 is 2.62 bits per heavy atom. The maximum absolute atomic E-state index is 13.4. The van der Waals surface area contributed by atoms with E-state index in [1.807, 2.05) is 30.3 Å². The Morgan fingerprint density at radius 2 is 1.95 bits per heavy atom. The van der Waals surface area contributed by atoms with Crippen LogP contribution in [0.2, 0.25) is 10.2 Å². The average Bonchev–Trinajstić information content (AvgIpc) is 3.51. The monoisotopic (exact) mass is 538 g/mol. The van der Waals surface area contributed by atoms with Crippen molar-refractivity contribution in [2.24, 2.45) is 0 Å². The molecule has 1 aliphatic heterocycles. The molecule has 10 nitrogen and oxygen atoms in total. The fourth-order valence-corrected chi connectivity index (χ4v) is 4.41. The minimum absolute atomic E-state index is 0.199. The number of esters is 1. The van der Waals surface area contributed by atoms with Crippen molar-refractivity contribution in [1.29, 1.82) is 0 Å². The lowest BCUT2D eigenvalue weighted by Crippen LogP contribution is -2.44. The Bertz CT molecular complexity index is 1520. The lowest BCUT2D eigenvalue weighted by atomic mass is 10.0. The van der Waals surface area contributed by atoms with Crippen LogP contribution in [0.4, 0.5) is 0 Å². The number of aromatic nitrogens is 5. The van der Waals surface area contributed by atoms with E-state index < -0.39 is 29.5 Å². The molecule has 4 aromatic rings. The van der Waals surface area contributed by atoms with Crippen LogP contribution in [0.25, 0.3) is 16.9 Å². The van der Waals surface area contributed by atoms with Gasteiger partial charge in [0.25, 0.3) is 5.56 Å². The van der Waals surface area contributed by atoms with Crippen LogP contribution >= 0.6 is 23.2 Å². The van der Waals surface area contributed by atoms with Crippen LogP contribution in [0.15, 0.2) is 71.9 Å². The summed E-state index contributed by atoms with van der Waals surface area (Å²) in [6, 6.07) is 13.9. The van der Waals surface area contributed by atoms with Crippen LogP contribution < -0.4 is 10.9 Å². The van der Waals surface area contributed by atoms with Crippen molar-refractivity contribution in [3.05, 3.63) is 93.2 Å². The molecule has 188 valence electrons. The molecule has 1 unspecified atom stereocenters. The molecule has 1 aliphatic rings. The molecule has 1 amide bonds. The van der Waals surface area contributed by atoms with E-state index in [1.54, 1.807) is 18.2 Å². The fraction of sp³-hybridized carbons (Fsp3) is 0.200.